The molecule has 7 heteroatoms. The van der Waals surface area contributed by atoms with E-state index in [1.807, 2.05) is 0 Å². The van der Waals surface area contributed by atoms with Gasteiger partial charge in [0.1, 0.15) is 5.75 Å². The third kappa shape index (κ3) is 2.83. The summed E-state index contributed by atoms with van der Waals surface area (Å²) in [4.78, 5) is 39.6. The number of nitrogens with zero attached hydrogens (tertiary/aromatic N) is 2. The maximum absolute atomic E-state index is 12.7. The first-order valence-electron chi connectivity index (χ1n) is 8.32. The number of methoxy groups -OCH3 is 1. The van der Waals surface area contributed by atoms with Crippen LogP contribution in [0.3, 0.4) is 0 Å². The molecule has 134 valence electrons. The molecule has 0 aromatic heterocycles. The Morgan fingerprint density at radius 3 is 2.56 bits per heavy atom. The molecule has 3 rings (SSSR count). The van der Waals surface area contributed by atoms with Gasteiger partial charge in [-0.1, -0.05) is 6.07 Å². The van der Waals surface area contributed by atoms with Gasteiger partial charge in [0.05, 0.1) is 18.6 Å². The van der Waals surface area contributed by atoms with Crippen molar-refractivity contribution in [3.8, 4) is 5.75 Å². The Bertz CT molecular complexity index is 709. The topological polar surface area (TPSA) is 87.1 Å². The fourth-order valence-electron chi connectivity index (χ4n) is 4.02. The lowest BCUT2D eigenvalue weighted by Gasteiger charge is -2.45. The van der Waals surface area contributed by atoms with Crippen LogP contribution in [0.4, 0.5) is 0 Å². The number of carbonyl (C=O) groups excluding carboxylic acids is 2. The van der Waals surface area contributed by atoms with Crippen LogP contribution in [-0.2, 0) is 9.59 Å². The van der Waals surface area contributed by atoms with E-state index in [9.17, 15) is 19.5 Å². The van der Waals surface area contributed by atoms with Gasteiger partial charge in [-0.3, -0.25) is 14.4 Å². The number of hydrogen-bond acceptors (Lipinski definition) is 4. The largest absolute Gasteiger partial charge is 0.497 e. The van der Waals surface area contributed by atoms with E-state index in [0.29, 0.717) is 37.2 Å². The number of piperidine rings is 1. The Labute approximate surface area is 146 Å². The molecule has 2 fully saturated rings. The third-order valence-corrected chi connectivity index (χ3v) is 5.60. The Morgan fingerprint density at radius 2 is 1.96 bits per heavy atom. The number of aliphatic carboxylic acids is 1. The lowest BCUT2D eigenvalue weighted by molar-refractivity contribution is -0.145. The molecule has 0 aliphatic carbocycles. The molecule has 2 heterocycles. The van der Waals surface area contributed by atoms with Gasteiger partial charge < -0.3 is 19.6 Å². The van der Waals surface area contributed by atoms with Crippen LogP contribution < -0.4 is 4.74 Å². The molecule has 0 radical (unpaired) electrons. The zero-order valence-electron chi connectivity index (χ0n) is 14.4. The minimum absolute atomic E-state index is 0.0374. The number of likely N-dealkylation sites (tertiary alicyclic amines) is 2. The summed E-state index contributed by atoms with van der Waals surface area (Å²) in [6.45, 7) is 0.856. The molecule has 1 unspecified atom stereocenters. The van der Waals surface area contributed by atoms with Crippen molar-refractivity contribution in [3.63, 3.8) is 0 Å². The van der Waals surface area contributed by atoms with Crippen molar-refractivity contribution < 1.29 is 24.2 Å². The number of rotatable bonds is 3. The van der Waals surface area contributed by atoms with Crippen molar-refractivity contribution in [1.82, 2.24) is 9.80 Å². The van der Waals surface area contributed by atoms with Crippen LogP contribution in [0, 0.1) is 5.92 Å². The van der Waals surface area contributed by atoms with E-state index in [4.69, 9.17) is 4.74 Å². The van der Waals surface area contributed by atoms with Gasteiger partial charge in [0.25, 0.3) is 5.91 Å². The zero-order valence-corrected chi connectivity index (χ0v) is 14.4. The lowest BCUT2D eigenvalue weighted by Crippen LogP contribution is -2.56. The number of hydrogen-bond donors (Lipinski definition) is 1. The van der Waals surface area contributed by atoms with Crippen molar-refractivity contribution in [2.45, 2.75) is 24.8 Å². The van der Waals surface area contributed by atoms with Gasteiger partial charge in [-0.05, 0) is 31.0 Å². The summed E-state index contributed by atoms with van der Waals surface area (Å²) >= 11 is 0. The zero-order chi connectivity index (χ0) is 18.2. The standard InChI is InChI=1S/C18H22N2O5/c1-19-15(21)11-14(17(23)24)18(19)6-8-20(9-7-18)16(22)12-4-3-5-13(10-12)25-2/h3-5,10,14H,6-9,11H2,1-2H3,(H,23,24). The second-order valence-corrected chi connectivity index (χ2v) is 6.68. The summed E-state index contributed by atoms with van der Waals surface area (Å²) in [5.74, 6) is -1.27. The van der Waals surface area contributed by atoms with E-state index in [0.717, 1.165) is 0 Å². The third-order valence-electron chi connectivity index (χ3n) is 5.60. The summed E-state index contributed by atoms with van der Waals surface area (Å²) in [6, 6.07) is 6.97. The molecule has 1 atom stereocenters. The summed E-state index contributed by atoms with van der Waals surface area (Å²) in [5, 5.41) is 9.50. The fraction of sp³-hybridized carbons (Fsp3) is 0.500. The summed E-state index contributed by atoms with van der Waals surface area (Å²) in [6.07, 6.45) is 0.986. The Hall–Kier alpha value is -2.57. The van der Waals surface area contributed by atoms with E-state index < -0.39 is 17.4 Å². The smallest absolute Gasteiger partial charge is 0.309 e. The van der Waals surface area contributed by atoms with Crippen molar-refractivity contribution in [2.24, 2.45) is 5.92 Å². The molecule has 1 N–H and O–H groups in total. The Balaban J connectivity index is 1.75. The van der Waals surface area contributed by atoms with E-state index in [-0.39, 0.29) is 18.2 Å². The quantitative estimate of drug-likeness (QED) is 0.890. The van der Waals surface area contributed by atoms with Crippen molar-refractivity contribution in [1.29, 1.82) is 0 Å². The molecule has 1 spiro atoms. The van der Waals surface area contributed by atoms with Gasteiger partial charge in [0.2, 0.25) is 5.91 Å². The molecule has 1 aromatic rings. The number of carboxylic acid groups (broad SMARTS) is 1. The van der Waals surface area contributed by atoms with Crippen LogP contribution >= 0.6 is 0 Å². The van der Waals surface area contributed by atoms with Crippen molar-refractivity contribution in [3.05, 3.63) is 29.8 Å². The Morgan fingerprint density at radius 1 is 1.28 bits per heavy atom. The van der Waals surface area contributed by atoms with E-state index in [1.165, 1.54) is 0 Å². The Kier molecular flexibility index (Phi) is 4.41. The number of carbonyl (C=O) groups is 3. The van der Waals surface area contributed by atoms with Crippen LogP contribution in [-0.4, -0.2) is 65.5 Å². The van der Waals surface area contributed by atoms with Crippen LogP contribution in [0.25, 0.3) is 0 Å². The number of ether oxygens (including phenoxy) is 1. The maximum Gasteiger partial charge on any atom is 0.309 e. The number of amides is 2. The highest BCUT2D eigenvalue weighted by molar-refractivity contribution is 5.95. The van der Waals surface area contributed by atoms with E-state index in [1.54, 1.807) is 48.2 Å². The van der Waals surface area contributed by atoms with Gasteiger partial charge in [0, 0.05) is 32.1 Å². The minimum atomic E-state index is -0.940. The van der Waals surface area contributed by atoms with Crippen LogP contribution in [0.5, 0.6) is 5.75 Å². The molecule has 2 saturated heterocycles. The predicted octanol–water partition coefficient (Wildman–Crippen LogP) is 1.23. The highest BCUT2D eigenvalue weighted by Crippen LogP contribution is 2.43. The number of benzene rings is 1. The molecule has 2 amide bonds. The minimum Gasteiger partial charge on any atom is -0.497 e. The lowest BCUT2D eigenvalue weighted by atomic mass is 9.77. The van der Waals surface area contributed by atoms with Crippen molar-refractivity contribution >= 4 is 17.8 Å². The van der Waals surface area contributed by atoms with E-state index in [2.05, 4.69) is 0 Å². The first kappa shape index (κ1) is 17.3. The molecular formula is C18H22N2O5. The summed E-state index contributed by atoms with van der Waals surface area (Å²) in [7, 11) is 3.22. The average Bonchev–Trinajstić information content (AvgIpc) is 2.87. The van der Waals surface area contributed by atoms with Crippen LogP contribution in [0.15, 0.2) is 24.3 Å². The molecule has 2 aliphatic rings. The first-order chi connectivity index (χ1) is 11.9. The van der Waals surface area contributed by atoms with Gasteiger partial charge in [0.15, 0.2) is 0 Å². The predicted molar refractivity (Wildman–Crippen MR) is 89.4 cm³/mol. The van der Waals surface area contributed by atoms with Crippen LogP contribution in [0.2, 0.25) is 0 Å². The van der Waals surface area contributed by atoms with Gasteiger partial charge in [-0.25, -0.2) is 0 Å². The number of carboxylic acids is 1. The molecule has 25 heavy (non-hydrogen) atoms. The second kappa shape index (κ2) is 6.38. The van der Waals surface area contributed by atoms with Crippen molar-refractivity contribution in [2.75, 3.05) is 27.2 Å². The molecule has 1 aromatic carbocycles. The van der Waals surface area contributed by atoms with Gasteiger partial charge >= 0.3 is 5.97 Å². The highest BCUT2D eigenvalue weighted by atomic mass is 16.5. The summed E-state index contributed by atoms with van der Waals surface area (Å²) in [5.41, 5.74) is -0.144. The monoisotopic (exact) mass is 346 g/mol. The second-order valence-electron chi connectivity index (χ2n) is 6.68. The molecule has 2 aliphatic heterocycles. The van der Waals surface area contributed by atoms with Gasteiger partial charge in [-0.15, -0.1) is 0 Å². The normalized spacial score (nSPS) is 22.3. The molecule has 0 bridgehead atoms. The SMILES string of the molecule is COc1cccc(C(=O)N2CCC3(CC2)C(C(=O)O)CC(=O)N3C)c1. The first-order valence-corrected chi connectivity index (χ1v) is 8.32. The fourth-order valence-corrected chi connectivity index (χ4v) is 4.02. The average molecular weight is 346 g/mol. The summed E-state index contributed by atoms with van der Waals surface area (Å²) < 4.78 is 5.15. The molecule has 0 saturated carbocycles. The molecular weight excluding hydrogens is 324 g/mol. The van der Waals surface area contributed by atoms with Crippen LogP contribution in [0.1, 0.15) is 29.6 Å². The maximum atomic E-state index is 12.7. The van der Waals surface area contributed by atoms with E-state index >= 15 is 0 Å². The molecule has 7 nitrogen and oxygen atoms in total. The van der Waals surface area contributed by atoms with Gasteiger partial charge in [-0.2, -0.15) is 0 Å². The highest BCUT2D eigenvalue weighted by Gasteiger charge is 2.55.